The van der Waals surface area contributed by atoms with Gasteiger partial charge >= 0.3 is 7.25 Å². The summed E-state index contributed by atoms with van der Waals surface area (Å²) in [5, 5.41) is 0. The maximum atomic E-state index is 9.75. The zero-order valence-electron chi connectivity index (χ0n) is 8.37. The van der Waals surface area contributed by atoms with Crippen LogP contribution in [0, 0.1) is 18.8 Å². The highest BCUT2D eigenvalue weighted by Gasteiger charge is 2.20. The van der Waals surface area contributed by atoms with Gasteiger partial charge in [0.05, 0.1) is 0 Å². The summed E-state index contributed by atoms with van der Waals surface area (Å²) < 4.78 is 39.0. The summed E-state index contributed by atoms with van der Waals surface area (Å²) in [5.74, 6) is 1.43. The van der Waals surface area contributed by atoms with Crippen LogP contribution >= 0.6 is 0 Å². The van der Waals surface area contributed by atoms with Gasteiger partial charge in [0, 0.05) is 0 Å². The van der Waals surface area contributed by atoms with Crippen molar-refractivity contribution in [1.29, 1.82) is 0 Å². The fourth-order valence-corrected chi connectivity index (χ4v) is 0.740. The molecule has 0 aromatic rings. The molecule has 0 aromatic heterocycles. The van der Waals surface area contributed by atoms with Crippen molar-refractivity contribution in [2.45, 2.75) is 33.6 Å². The first-order valence-electron chi connectivity index (χ1n) is 4.38. The zero-order chi connectivity index (χ0) is 11.1. The molecule has 81 valence electrons. The molecular formula is C8H17BF4-. The van der Waals surface area contributed by atoms with E-state index in [0.29, 0.717) is 5.92 Å². The predicted octanol–water partition coefficient (Wildman–Crippen LogP) is 4.19. The minimum atomic E-state index is -6.00. The Kier molecular flexibility index (Phi) is 8.47. The molecule has 0 rings (SSSR count). The van der Waals surface area contributed by atoms with Crippen LogP contribution in [0.3, 0.4) is 0 Å². The Labute approximate surface area is 77.8 Å². The van der Waals surface area contributed by atoms with Gasteiger partial charge in [-0.05, 0) is 11.8 Å². The Bertz CT molecular complexity index is 105. The number of hydrogen-bond donors (Lipinski definition) is 0. The van der Waals surface area contributed by atoms with Crippen molar-refractivity contribution in [3.63, 3.8) is 0 Å². The van der Waals surface area contributed by atoms with E-state index in [2.05, 4.69) is 27.7 Å². The molecule has 13 heavy (non-hydrogen) atoms. The van der Waals surface area contributed by atoms with Gasteiger partial charge in [-0.1, -0.05) is 40.5 Å². The monoisotopic (exact) mass is 200 g/mol. The van der Waals surface area contributed by atoms with E-state index in [-0.39, 0.29) is 0 Å². The lowest BCUT2D eigenvalue weighted by Crippen LogP contribution is -2.02. The zero-order valence-corrected chi connectivity index (χ0v) is 8.37. The first-order valence-corrected chi connectivity index (χ1v) is 4.38. The van der Waals surface area contributed by atoms with Crippen LogP contribution in [0.15, 0.2) is 0 Å². The van der Waals surface area contributed by atoms with Crippen LogP contribution in [0.2, 0.25) is 0 Å². The second kappa shape index (κ2) is 7.21. The second-order valence-corrected chi connectivity index (χ2v) is 3.24. The molecule has 0 aliphatic carbocycles. The normalized spacial score (nSPS) is 13.6. The van der Waals surface area contributed by atoms with E-state index >= 15 is 0 Å². The molecule has 0 saturated carbocycles. The van der Waals surface area contributed by atoms with E-state index in [1.165, 1.54) is 12.8 Å². The molecule has 0 aliphatic rings. The number of rotatable bonds is 3. The molecule has 2 unspecified atom stereocenters. The fraction of sp³-hybridized carbons (Fsp3) is 0.875. The summed E-state index contributed by atoms with van der Waals surface area (Å²) in [5.41, 5.74) is 0. The molecule has 1 radical (unpaired) electrons. The molecule has 5 heteroatoms. The number of hydrogen-bond acceptors (Lipinski definition) is 0. The third-order valence-corrected chi connectivity index (χ3v) is 1.72. The van der Waals surface area contributed by atoms with Crippen molar-refractivity contribution >= 4 is 7.25 Å². The van der Waals surface area contributed by atoms with E-state index in [9.17, 15) is 17.3 Å². The van der Waals surface area contributed by atoms with Gasteiger partial charge in [-0.15, -0.1) is 0 Å². The highest BCUT2D eigenvalue weighted by molar-refractivity contribution is 6.50. The van der Waals surface area contributed by atoms with Gasteiger partial charge in [-0.3, -0.25) is 0 Å². The van der Waals surface area contributed by atoms with Gasteiger partial charge in [0.2, 0.25) is 0 Å². The summed E-state index contributed by atoms with van der Waals surface area (Å²) >= 11 is 0. The van der Waals surface area contributed by atoms with Crippen molar-refractivity contribution in [2.75, 3.05) is 0 Å². The topological polar surface area (TPSA) is 0 Å². The van der Waals surface area contributed by atoms with Gasteiger partial charge in [0.25, 0.3) is 0 Å². The molecule has 0 aliphatic heterocycles. The lowest BCUT2D eigenvalue weighted by molar-refractivity contribution is 0.368. The minimum Gasteiger partial charge on any atom is -0.418 e. The van der Waals surface area contributed by atoms with Crippen molar-refractivity contribution < 1.29 is 17.3 Å². The molecule has 0 nitrogen and oxygen atoms in total. The van der Waals surface area contributed by atoms with Gasteiger partial charge in [-0.25, -0.2) is 0 Å². The Hall–Kier alpha value is -0.215. The molecule has 2 atom stereocenters. The smallest absolute Gasteiger partial charge is 0.418 e. The highest BCUT2D eigenvalue weighted by Crippen LogP contribution is 2.14. The van der Waals surface area contributed by atoms with E-state index < -0.39 is 7.25 Å². The van der Waals surface area contributed by atoms with Crippen molar-refractivity contribution in [2.24, 2.45) is 11.8 Å². The molecule has 0 N–H and O–H groups in total. The minimum absolute atomic E-state index is 0.620. The summed E-state index contributed by atoms with van der Waals surface area (Å²) in [6.45, 7) is 10.6. The second-order valence-electron chi connectivity index (χ2n) is 3.24. The van der Waals surface area contributed by atoms with E-state index in [4.69, 9.17) is 0 Å². The third-order valence-electron chi connectivity index (χ3n) is 1.72. The Morgan fingerprint density at radius 3 is 1.54 bits per heavy atom. The lowest BCUT2D eigenvalue weighted by Gasteiger charge is -2.12. The van der Waals surface area contributed by atoms with Gasteiger partial charge in [-0.2, -0.15) is 0 Å². The Morgan fingerprint density at radius 2 is 1.46 bits per heavy atom. The predicted molar refractivity (Wildman–Crippen MR) is 48.8 cm³/mol. The molecule has 0 saturated heterocycles. The first-order chi connectivity index (χ1) is 5.68. The van der Waals surface area contributed by atoms with Gasteiger partial charge in [0.1, 0.15) is 0 Å². The Balaban J connectivity index is 0. The average molecular weight is 200 g/mol. The van der Waals surface area contributed by atoms with Crippen LogP contribution in [-0.2, 0) is 0 Å². The van der Waals surface area contributed by atoms with Crippen molar-refractivity contribution in [1.82, 2.24) is 0 Å². The van der Waals surface area contributed by atoms with Crippen molar-refractivity contribution in [3.05, 3.63) is 6.92 Å². The first kappa shape index (κ1) is 15.3. The largest absolute Gasteiger partial charge is 0.673 e. The lowest BCUT2D eigenvalue weighted by atomic mass is 9.94. The summed E-state index contributed by atoms with van der Waals surface area (Å²) in [6.07, 6.45) is 2.62. The maximum Gasteiger partial charge on any atom is 0.673 e. The molecule has 0 fully saturated rings. The number of halogens is 4. The third kappa shape index (κ3) is 24.5. The van der Waals surface area contributed by atoms with Crippen LogP contribution in [-0.4, -0.2) is 7.25 Å². The maximum absolute atomic E-state index is 9.75. The van der Waals surface area contributed by atoms with Crippen LogP contribution in [0.25, 0.3) is 0 Å². The summed E-state index contributed by atoms with van der Waals surface area (Å²) in [4.78, 5) is 0. The van der Waals surface area contributed by atoms with E-state index in [1.54, 1.807) is 0 Å². The quantitative estimate of drug-likeness (QED) is 0.473. The van der Waals surface area contributed by atoms with E-state index in [0.717, 1.165) is 5.92 Å². The average Bonchev–Trinajstić information content (AvgIpc) is 1.84. The fourth-order valence-electron chi connectivity index (χ4n) is 0.740. The van der Waals surface area contributed by atoms with Crippen LogP contribution in [0.4, 0.5) is 17.3 Å². The molecule has 0 heterocycles. The summed E-state index contributed by atoms with van der Waals surface area (Å²) in [7, 11) is -6.00. The standard InChI is InChI=1S/C8H17.BF4/c1-5-6-8(4)7(2)3;2-1(3,4)5/h7-8H,2,5-6H2,1,3-4H3;/q;-1. The molecule has 0 aromatic carbocycles. The Morgan fingerprint density at radius 1 is 1.15 bits per heavy atom. The van der Waals surface area contributed by atoms with E-state index in [1.807, 2.05) is 0 Å². The molecule has 0 bridgehead atoms. The van der Waals surface area contributed by atoms with Crippen molar-refractivity contribution in [3.8, 4) is 0 Å². The molecule has 0 spiro atoms. The van der Waals surface area contributed by atoms with Crippen LogP contribution < -0.4 is 0 Å². The van der Waals surface area contributed by atoms with Gasteiger partial charge in [0.15, 0.2) is 0 Å². The van der Waals surface area contributed by atoms with Gasteiger partial charge < -0.3 is 17.3 Å². The highest BCUT2D eigenvalue weighted by atomic mass is 19.5. The molecule has 0 amide bonds. The molecular weight excluding hydrogens is 183 g/mol. The van der Waals surface area contributed by atoms with Crippen LogP contribution in [0.1, 0.15) is 33.6 Å². The SMILES string of the molecule is F[B-](F)(F)F.[CH2]C(C)C(C)CCC. The van der Waals surface area contributed by atoms with Crippen LogP contribution in [0.5, 0.6) is 0 Å². The summed E-state index contributed by atoms with van der Waals surface area (Å²) in [6, 6.07) is 0.